The van der Waals surface area contributed by atoms with Crippen LogP contribution in [0.1, 0.15) is 31.7 Å². The van der Waals surface area contributed by atoms with E-state index in [4.69, 9.17) is 0 Å². The molecule has 1 unspecified atom stereocenters. The van der Waals surface area contributed by atoms with Crippen molar-refractivity contribution in [1.29, 1.82) is 0 Å². The normalized spacial score (nSPS) is 12.2. The van der Waals surface area contributed by atoms with Gasteiger partial charge in [0.15, 0.2) is 0 Å². The summed E-state index contributed by atoms with van der Waals surface area (Å²) in [6.45, 7) is 4.46. The van der Waals surface area contributed by atoms with E-state index in [1.807, 2.05) is 19.2 Å². The van der Waals surface area contributed by atoms with E-state index in [0.717, 1.165) is 23.5 Å². The molecule has 1 heterocycles. The number of anilines is 1. The first-order valence-corrected chi connectivity index (χ1v) is 6.36. The summed E-state index contributed by atoms with van der Waals surface area (Å²) >= 11 is 0. The van der Waals surface area contributed by atoms with Crippen molar-refractivity contribution in [2.45, 2.75) is 26.2 Å². The van der Waals surface area contributed by atoms with Crippen molar-refractivity contribution >= 4 is 5.82 Å². The van der Waals surface area contributed by atoms with Gasteiger partial charge in [-0.15, -0.1) is 10.2 Å². The number of nitrogens with zero attached hydrogens (tertiary/aromatic N) is 2. The third-order valence-corrected chi connectivity index (χ3v) is 3.31. The van der Waals surface area contributed by atoms with Gasteiger partial charge in [-0.25, -0.2) is 0 Å². The highest BCUT2D eigenvalue weighted by atomic mass is 15.2. The molecular weight excluding hydrogens is 222 g/mol. The molecule has 2 rings (SSSR count). The first-order valence-electron chi connectivity index (χ1n) is 6.36. The number of hydrogen-bond donors (Lipinski definition) is 1. The van der Waals surface area contributed by atoms with Crippen LogP contribution < -0.4 is 5.32 Å². The molecule has 0 aliphatic heterocycles. The van der Waals surface area contributed by atoms with Gasteiger partial charge in [0.1, 0.15) is 5.82 Å². The van der Waals surface area contributed by atoms with Gasteiger partial charge >= 0.3 is 0 Å². The van der Waals surface area contributed by atoms with Crippen LogP contribution in [-0.4, -0.2) is 17.2 Å². The molecule has 0 saturated carbocycles. The average Bonchev–Trinajstić information content (AvgIpc) is 2.47. The molecule has 3 nitrogen and oxygen atoms in total. The quantitative estimate of drug-likeness (QED) is 0.887. The van der Waals surface area contributed by atoms with E-state index in [1.165, 1.54) is 5.56 Å². The predicted molar refractivity (Wildman–Crippen MR) is 75.7 cm³/mol. The average molecular weight is 241 g/mol. The first kappa shape index (κ1) is 12.6. The highest BCUT2D eigenvalue weighted by molar-refractivity contribution is 5.60. The Balaban J connectivity index is 2.22. The van der Waals surface area contributed by atoms with Crippen molar-refractivity contribution in [3.63, 3.8) is 0 Å². The lowest BCUT2D eigenvalue weighted by atomic mass is 9.97. The molecule has 18 heavy (non-hydrogen) atoms. The molecule has 0 aliphatic carbocycles. The Labute approximate surface area is 108 Å². The fourth-order valence-electron chi connectivity index (χ4n) is 1.84. The Morgan fingerprint density at radius 1 is 1.06 bits per heavy atom. The molecular formula is C15H19N3. The fraction of sp³-hybridized carbons (Fsp3) is 0.333. The van der Waals surface area contributed by atoms with Gasteiger partial charge in [0, 0.05) is 12.6 Å². The summed E-state index contributed by atoms with van der Waals surface area (Å²) in [4.78, 5) is 0. The van der Waals surface area contributed by atoms with Gasteiger partial charge in [-0.2, -0.15) is 0 Å². The second-order valence-corrected chi connectivity index (χ2v) is 4.49. The number of nitrogens with one attached hydrogen (secondary N) is 1. The van der Waals surface area contributed by atoms with E-state index < -0.39 is 0 Å². The number of benzene rings is 1. The zero-order valence-electron chi connectivity index (χ0n) is 11.1. The predicted octanol–water partition coefficient (Wildman–Crippen LogP) is 3.70. The lowest BCUT2D eigenvalue weighted by Gasteiger charge is -2.09. The summed E-state index contributed by atoms with van der Waals surface area (Å²) in [5.74, 6) is 1.40. The minimum Gasteiger partial charge on any atom is -0.372 e. The summed E-state index contributed by atoms with van der Waals surface area (Å²) in [5.41, 5.74) is 3.39. The van der Waals surface area contributed by atoms with E-state index in [0.29, 0.717) is 5.92 Å². The van der Waals surface area contributed by atoms with E-state index in [9.17, 15) is 0 Å². The van der Waals surface area contributed by atoms with Crippen LogP contribution >= 0.6 is 0 Å². The molecule has 0 spiro atoms. The lowest BCUT2D eigenvalue weighted by molar-refractivity contribution is 0.734. The third-order valence-electron chi connectivity index (χ3n) is 3.31. The van der Waals surface area contributed by atoms with Crippen LogP contribution in [0, 0.1) is 0 Å². The Morgan fingerprint density at radius 2 is 1.78 bits per heavy atom. The lowest BCUT2D eigenvalue weighted by Crippen LogP contribution is -1.95. The largest absolute Gasteiger partial charge is 0.372 e. The van der Waals surface area contributed by atoms with Gasteiger partial charge < -0.3 is 5.32 Å². The van der Waals surface area contributed by atoms with Crippen molar-refractivity contribution in [2.24, 2.45) is 0 Å². The van der Waals surface area contributed by atoms with Crippen LogP contribution in [0.2, 0.25) is 0 Å². The third kappa shape index (κ3) is 2.67. The van der Waals surface area contributed by atoms with E-state index >= 15 is 0 Å². The van der Waals surface area contributed by atoms with Crippen LogP contribution in [0.3, 0.4) is 0 Å². The summed E-state index contributed by atoms with van der Waals surface area (Å²) in [6, 6.07) is 12.5. The van der Waals surface area contributed by atoms with Gasteiger partial charge in [0.25, 0.3) is 0 Å². The standard InChI is InChI=1S/C15H19N3/c1-4-11(2)12-5-7-13(8-6-12)14-9-10-15(16-3)18-17-14/h5-11H,4H2,1-3H3,(H,16,18). The summed E-state index contributed by atoms with van der Waals surface area (Å²) in [7, 11) is 1.84. The maximum Gasteiger partial charge on any atom is 0.148 e. The molecule has 1 N–H and O–H groups in total. The minimum absolute atomic E-state index is 0.608. The summed E-state index contributed by atoms with van der Waals surface area (Å²) < 4.78 is 0. The molecule has 1 aromatic heterocycles. The van der Waals surface area contributed by atoms with Crippen molar-refractivity contribution in [2.75, 3.05) is 12.4 Å². The maximum atomic E-state index is 4.20. The fourth-order valence-corrected chi connectivity index (χ4v) is 1.84. The van der Waals surface area contributed by atoms with Gasteiger partial charge in [-0.3, -0.25) is 0 Å². The molecule has 1 atom stereocenters. The second kappa shape index (κ2) is 5.63. The molecule has 0 aliphatic rings. The van der Waals surface area contributed by atoms with Crippen molar-refractivity contribution < 1.29 is 0 Å². The van der Waals surface area contributed by atoms with Crippen LogP contribution in [0.25, 0.3) is 11.3 Å². The van der Waals surface area contributed by atoms with Crippen LogP contribution in [0.4, 0.5) is 5.82 Å². The van der Waals surface area contributed by atoms with Gasteiger partial charge in [-0.1, -0.05) is 38.1 Å². The molecule has 1 aromatic carbocycles. The molecule has 3 heteroatoms. The van der Waals surface area contributed by atoms with Gasteiger partial charge in [-0.05, 0) is 30.0 Å². The molecule has 0 fully saturated rings. The van der Waals surface area contributed by atoms with Crippen LogP contribution in [0.5, 0.6) is 0 Å². The van der Waals surface area contributed by atoms with E-state index in [-0.39, 0.29) is 0 Å². The minimum atomic E-state index is 0.608. The maximum absolute atomic E-state index is 4.20. The smallest absolute Gasteiger partial charge is 0.148 e. The highest BCUT2D eigenvalue weighted by Crippen LogP contribution is 2.23. The van der Waals surface area contributed by atoms with Crippen molar-refractivity contribution in [1.82, 2.24) is 10.2 Å². The van der Waals surface area contributed by atoms with E-state index in [1.54, 1.807) is 0 Å². The molecule has 0 saturated heterocycles. The second-order valence-electron chi connectivity index (χ2n) is 4.49. The SMILES string of the molecule is CCC(C)c1ccc(-c2ccc(NC)nn2)cc1. The monoisotopic (exact) mass is 241 g/mol. The van der Waals surface area contributed by atoms with Crippen molar-refractivity contribution in [3.8, 4) is 11.3 Å². The zero-order chi connectivity index (χ0) is 13.0. The zero-order valence-corrected chi connectivity index (χ0v) is 11.1. The molecule has 2 aromatic rings. The highest BCUT2D eigenvalue weighted by Gasteiger charge is 2.04. The van der Waals surface area contributed by atoms with Crippen LogP contribution in [0.15, 0.2) is 36.4 Å². The molecule has 0 bridgehead atoms. The van der Waals surface area contributed by atoms with Crippen LogP contribution in [-0.2, 0) is 0 Å². The molecule has 0 amide bonds. The van der Waals surface area contributed by atoms with E-state index in [2.05, 4.69) is 53.6 Å². The first-order chi connectivity index (χ1) is 8.74. The van der Waals surface area contributed by atoms with Gasteiger partial charge in [0.05, 0.1) is 5.69 Å². The Bertz CT molecular complexity index is 488. The van der Waals surface area contributed by atoms with Crippen molar-refractivity contribution in [3.05, 3.63) is 42.0 Å². The summed E-state index contributed by atoms with van der Waals surface area (Å²) in [6.07, 6.45) is 1.16. The number of aromatic nitrogens is 2. The molecule has 0 radical (unpaired) electrons. The number of rotatable bonds is 4. The Hall–Kier alpha value is -1.90. The van der Waals surface area contributed by atoms with Gasteiger partial charge in [0.2, 0.25) is 0 Å². The number of hydrogen-bond acceptors (Lipinski definition) is 3. The summed E-state index contributed by atoms with van der Waals surface area (Å²) in [5, 5.41) is 11.3. The molecule has 94 valence electrons. The topological polar surface area (TPSA) is 37.8 Å². The Morgan fingerprint density at radius 3 is 2.28 bits per heavy atom. The Kier molecular flexibility index (Phi) is 3.92.